The maximum atomic E-state index is 13.9. The number of hydrogen-bond acceptors (Lipinski definition) is 4. The lowest BCUT2D eigenvalue weighted by Gasteiger charge is -2.25. The van der Waals surface area contributed by atoms with Gasteiger partial charge in [-0.25, -0.2) is 13.6 Å². The zero-order valence-electron chi connectivity index (χ0n) is 12.3. The first-order valence-electron chi connectivity index (χ1n) is 7.09. The first-order chi connectivity index (χ1) is 10.9. The monoisotopic (exact) mass is 329 g/mol. The molecule has 1 unspecified atom stereocenters. The fourth-order valence-corrected chi connectivity index (χ4v) is 2.16. The standard InChI is InChI=1S/C15H17F2NO5/c16-15(17)6-8-22-7-5-12(15)18-14(21)10-1-3-11(4-2-10)23-9-13(19)20/h1-4,12H,5-9H2,(H,18,21)(H,19,20). The van der Waals surface area contributed by atoms with Gasteiger partial charge in [-0.05, 0) is 30.7 Å². The van der Waals surface area contributed by atoms with Crippen LogP contribution in [-0.4, -0.2) is 48.8 Å². The Hall–Kier alpha value is -2.22. The van der Waals surface area contributed by atoms with E-state index in [2.05, 4.69) is 5.32 Å². The van der Waals surface area contributed by atoms with Gasteiger partial charge in [0.1, 0.15) is 5.75 Å². The number of ether oxygens (including phenoxy) is 2. The summed E-state index contributed by atoms with van der Waals surface area (Å²) in [4.78, 5) is 22.5. The van der Waals surface area contributed by atoms with Gasteiger partial charge in [0.25, 0.3) is 11.8 Å². The van der Waals surface area contributed by atoms with Gasteiger partial charge in [-0.1, -0.05) is 0 Å². The third kappa shape index (κ3) is 4.88. The summed E-state index contributed by atoms with van der Waals surface area (Å²) < 4.78 is 37.7. The summed E-state index contributed by atoms with van der Waals surface area (Å²) in [5.74, 6) is -4.49. The van der Waals surface area contributed by atoms with E-state index in [0.29, 0.717) is 0 Å². The summed E-state index contributed by atoms with van der Waals surface area (Å²) in [6.45, 7) is -0.364. The van der Waals surface area contributed by atoms with Crippen molar-refractivity contribution in [3.8, 4) is 5.75 Å². The molecule has 126 valence electrons. The van der Waals surface area contributed by atoms with Crippen LogP contribution in [0.4, 0.5) is 8.78 Å². The van der Waals surface area contributed by atoms with Crippen molar-refractivity contribution in [1.82, 2.24) is 5.32 Å². The topological polar surface area (TPSA) is 84.9 Å². The van der Waals surface area contributed by atoms with Crippen LogP contribution in [0.3, 0.4) is 0 Å². The van der Waals surface area contributed by atoms with E-state index in [9.17, 15) is 18.4 Å². The van der Waals surface area contributed by atoms with Gasteiger partial charge in [-0.15, -0.1) is 0 Å². The molecular formula is C15H17F2NO5. The van der Waals surface area contributed by atoms with E-state index in [0.717, 1.165) is 0 Å². The molecule has 0 saturated carbocycles. The van der Waals surface area contributed by atoms with Crippen LogP contribution in [0.2, 0.25) is 0 Å². The molecule has 1 saturated heterocycles. The second-order valence-corrected chi connectivity index (χ2v) is 5.14. The molecule has 23 heavy (non-hydrogen) atoms. The number of carboxylic acids is 1. The van der Waals surface area contributed by atoms with E-state index in [1.54, 1.807) is 0 Å². The molecule has 1 aliphatic rings. The van der Waals surface area contributed by atoms with Crippen molar-refractivity contribution >= 4 is 11.9 Å². The maximum absolute atomic E-state index is 13.9. The first kappa shape index (κ1) is 17.1. The molecule has 1 aromatic carbocycles. The highest BCUT2D eigenvalue weighted by atomic mass is 19.3. The van der Waals surface area contributed by atoms with E-state index in [4.69, 9.17) is 14.6 Å². The minimum Gasteiger partial charge on any atom is -0.482 e. The summed E-state index contributed by atoms with van der Waals surface area (Å²) in [6, 6.07) is 4.31. The van der Waals surface area contributed by atoms with Crippen LogP contribution in [0.1, 0.15) is 23.2 Å². The molecule has 1 atom stereocenters. The Morgan fingerprint density at radius 2 is 2.00 bits per heavy atom. The van der Waals surface area contributed by atoms with Gasteiger partial charge in [-0.3, -0.25) is 4.79 Å². The van der Waals surface area contributed by atoms with Gasteiger partial charge in [-0.2, -0.15) is 0 Å². The molecule has 2 rings (SSSR count). The number of rotatable bonds is 5. The molecule has 2 N–H and O–H groups in total. The van der Waals surface area contributed by atoms with Crippen molar-refractivity contribution in [3.05, 3.63) is 29.8 Å². The van der Waals surface area contributed by atoms with Gasteiger partial charge < -0.3 is 19.9 Å². The zero-order valence-corrected chi connectivity index (χ0v) is 12.3. The van der Waals surface area contributed by atoms with Crippen LogP contribution in [0, 0.1) is 0 Å². The van der Waals surface area contributed by atoms with Crippen molar-refractivity contribution in [1.29, 1.82) is 0 Å². The highest BCUT2D eigenvalue weighted by Crippen LogP contribution is 2.28. The van der Waals surface area contributed by atoms with Crippen LogP contribution in [0.15, 0.2) is 24.3 Å². The van der Waals surface area contributed by atoms with Gasteiger partial charge in [0.05, 0.1) is 12.6 Å². The Kier molecular flexibility index (Phi) is 5.49. The Balaban J connectivity index is 1.98. The lowest BCUT2D eigenvalue weighted by molar-refractivity contribution is -0.139. The predicted octanol–water partition coefficient (Wildman–Crippen LogP) is 1.69. The van der Waals surface area contributed by atoms with E-state index in [1.807, 2.05) is 0 Å². The minimum absolute atomic E-state index is 0.0328. The highest BCUT2D eigenvalue weighted by molar-refractivity contribution is 5.94. The fourth-order valence-electron chi connectivity index (χ4n) is 2.16. The minimum atomic E-state index is -3.02. The maximum Gasteiger partial charge on any atom is 0.341 e. The van der Waals surface area contributed by atoms with Crippen molar-refractivity contribution in [2.45, 2.75) is 24.8 Å². The number of aliphatic carboxylic acids is 1. The van der Waals surface area contributed by atoms with Gasteiger partial charge in [0.15, 0.2) is 6.61 Å². The third-order valence-electron chi connectivity index (χ3n) is 3.42. The molecule has 0 radical (unpaired) electrons. The summed E-state index contributed by atoms with van der Waals surface area (Å²) in [7, 11) is 0. The largest absolute Gasteiger partial charge is 0.482 e. The van der Waals surface area contributed by atoms with Crippen LogP contribution >= 0.6 is 0 Å². The lowest BCUT2D eigenvalue weighted by Crippen LogP contribution is -2.47. The molecule has 8 heteroatoms. The quantitative estimate of drug-likeness (QED) is 0.859. The van der Waals surface area contributed by atoms with Gasteiger partial charge in [0, 0.05) is 18.6 Å². The van der Waals surface area contributed by atoms with E-state index >= 15 is 0 Å². The smallest absolute Gasteiger partial charge is 0.341 e. The average molecular weight is 329 g/mol. The summed E-state index contributed by atoms with van der Waals surface area (Å²) in [6.07, 6.45) is -0.390. The SMILES string of the molecule is O=C(O)COc1ccc(C(=O)NC2CCOCCC2(F)F)cc1. The van der Waals surface area contributed by atoms with Crippen molar-refractivity contribution < 1.29 is 33.0 Å². The summed E-state index contributed by atoms with van der Waals surface area (Å²) >= 11 is 0. The number of carboxylic acid groups (broad SMARTS) is 1. The number of nitrogens with one attached hydrogen (secondary N) is 1. The Bertz CT molecular complexity index is 561. The van der Waals surface area contributed by atoms with Crippen molar-refractivity contribution in [2.24, 2.45) is 0 Å². The number of halogens is 2. The summed E-state index contributed by atoms with van der Waals surface area (Å²) in [5, 5.41) is 10.8. The van der Waals surface area contributed by atoms with Crippen LogP contribution in [0.25, 0.3) is 0 Å². The molecule has 1 amide bonds. The zero-order chi connectivity index (χ0) is 16.9. The molecule has 0 aliphatic carbocycles. The van der Waals surface area contributed by atoms with E-state index in [-0.39, 0.29) is 30.9 Å². The second-order valence-electron chi connectivity index (χ2n) is 5.14. The predicted molar refractivity (Wildman–Crippen MR) is 75.8 cm³/mol. The number of alkyl halides is 2. The molecule has 6 nitrogen and oxygen atoms in total. The number of carbonyl (C=O) groups is 2. The van der Waals surface area contributed by atoms with Gasteiger partial charge >= 0.3 is 5.97 Å². The Morgan fingerprint density at radius 3 is 2.65 bits per heavy atom. The highest BCUT2D eigenvalue weighted by Gasteiger charge is 2.41. The molecular weight excluding hydrogens is 312 g/mol. The van der Waals surface area contributed by atoms with E-state index < -0.39 is 36.9 Å². The molecule has 1 fully saturated rings. The van der Waals surface area contributed by atoms with Crippen molar-refractivity contribution in [2.75, 3.05) is 19.8 Å². The van der Waals surface area contributed by atoms with E-state index in [1.165, 1.54) is 24.3 Å². The Labute approximate surface area is 131 Å². The molecule has 0 aromatic heterocycles. The second kappa shape index (κ2) is 7.36. The molecule has 0 spiro atoms. The molecule has 1 aromatic rings. The summed E-state index contributed by atoms with van der Waals surface area (Å²) in [5.41, 5.74) is 0.189. The average Bonchev–Trinajstić information content (AvgIpc) is 2.67. The normalized spacial score (nSPS) is 20.3. The molecule has 1 heterocycles. The fraction of sp³-hybridized carbons (Fsp3) is 0.467. The number of amides is 1. The van der Waals surface area contributed by atoms with Gasteiger partial charge in [0.2, 0.25) is 0 Å². The van der Waals surface area contributed by atoms with Crippen molar-refractivity contribution in [3.63, 3.8) is 0 Å². The third-order valence-corrected chi connectivity index (χ3v) is 3.42. The number of benzene rings is 1. The van der Waals surface area contributed by atoms with Crippen LogP contribution < -0.4 is 10.1 Å². The molecule has 0 bridgehead atoms. The first-order valence-corrected chi connectivity index (χ1v) is 7.09. The lowest BCUT2D eigenvalue weighted by atomic mass is 10.0. The number of hydrogen-bond donors (Lipinski definition) is 2. The van der Waals surface area contributed by atoms with Crippen LogP contribution in [0.5, 0.6) is 5.75 Å². The van der Waals surface area contributed by atoms with Crippen LogP contribution in [-0.2, 0) is 9.53 Å². The Morgan fingerprint density at radius 1 is 1.30 bits per heavy atom. The number of carbonyl (C=O) groups excluding carboxylic acids is 1. The molecule has 1 aliphatic heterocycles.